The summed E-state index contributed by atoms with van der Waals surface area (Å²) in [5, 5.41) is 0. The van der Waals surface area contributed by atoms with E-state index in [4.69, 9.17) is 0 Å². The first-order valence-corrected chi connectivity index (χ1v) is 8.31. The van der Waals surface area contributed by atoms with Crippen LogP contribution in [0.3, 0.4) is 0 Å². The molecule has 2 aliphatic heterocycles. The van der Waals surface area contributed by atoms with Crippen LogP contribution in [-0.2, 0) is 11.3 Å². The lowest BCUT2D eigenvalue weighted by Crippen LogP contribution is -2.48. The number of hydrogen-bond donors (Lipinski definition) is 0. The van der Waals surface area contributed by atoms with E-state index >= 15 is 0 Å². The van der Waals surface area contributed by atoms with E-state index in [2.05, 4.69) is 41.0 Å². The number of rotatable bonds is 3. The standard InChI is InChI=1S/C18H26N2O/c1-15-7-5-12-20(13-15)18(21)17-10-6-11-19(17)14-16-8-3-2-4-9-16/h2-4,8-9,15,17H,5-7,10-14H2,1H3/t15-,17-/m0/s1. The summed E-state index contributed by atoms with van der Waals surface area (Å²) in [5.41, 5.74) is 1.31. The molecule has 2 saturated heterocycles. The van der Waals surface area contributed by atoms with Crippen molar-refractivity contribution in [1.82, 2.24) is 9.80 Å². The van der Waals surface area contributed by atoms with E-state index < -0.39 is 0 Å². The molecule has 1 aromatic rings. The molecule has 0 radical (unpaired) electrons. The van der Waals surface area contributed by atoms with Crippen LogP contribution in [0.25, 0.3) is 0 Å². The number of carbonyl (C=O) groups excluding carboxylic acids is 1. The van der Waals surface area contributed by atoms with Gasteiger partial charge in [0, 0.05) is 19.6 Å². The molecule has 0 aliphatic carbocycles. The molecule has 0 spiro atoms. The summed E-state index contributed by atoms with van der Waals surface area (Å²) < 4.78 is 0. The van der Waals surface area contributed by atoms with Crippen molar-refractivity contribution in [2.75, 3.05) is 19.6 Å². The van der Waals surface area contributed by atoms with Crippen molar-refractivity contribution in [2.45, 2.75) is 45.2 Å². The molecule has 0 N–H and O–H groups in total. The molecule has 2 fully saturated rings. The fraction of sp³-hybridized carbons (Fsp3) is 0.611. The zero-order valence-corrected chi connectivity index (χ0v) is 13.0. The highest BCUT2D eigenvalue weighted by Gasteiger charge is 2.34. The minimum Gasteiger partial charge on any atom is -0.341 e. The van der Waals surface area contributed by atoms with Crippen molar-refractivity contribution in [2.24, 2.45) is 5.92 Å². The molecule has 1 amide bonds. The fourth-order valence-electron chi connectivity index (χ4n) is 3.71. The van der Waals surface area contributed by atoms with Gasteiger partial charge in [0.05, 0.1) is 6.04 Å². The molecular weight excluding hydrogens is 260 g/mol. The lowest BCUT2D eigenvalue weighted by molar-refractivity contribution is -0.137. The summed E-state index contributed by atoms with van der Waals surface area (Å²) in [6.07, 6.45) is 4.60. The molecule has 3 nitrogen and oxygen atoms in total. The number of benzene rings is 1. The van der Waals surface area contributed by atoms with Gasteiger partial charge in [-0.25, -0.2) is 0 Å². The summed E-state index contributed by atoms with van der Waals surface area (Å²) in [5.74, 6) is 1.03. The SMILES string of the molecule is C[C@H]1CCCN(C(=O)[C@@H]2CCCN2Cc2ccccc2)C1. The summed E-state index contributed by atoms with van der Waals surface area (Å²) in [6.45, 7) is 6.12. The van der Waals surface area contributed by atoms with E-state index in [0.717, 1.165) is 45.4 Å². The Morgan fingerprint density at radius 2 is 1.90 bits per heavy atom. The summed E-state index contributed by atoms with van der Waals surface area (Å²) >= 11 is 0. The van der Waals surface area contributed by atoms with Crippen LogP contribution >= 0.6 is 0 Å². The first-order chi connectivity index (χ1) is 10.2. The van der Waals surface area contributed by atoms with Gasteiger partial charge in [0.25, 0.3) is 0 Å². The monoisotopic (exact) mass is 286 g/mol. The third-order valence-electron chi connectivity index (χ3n) is 4.85. The Labute approximate surface area is 127 Å². The minimum atomic E-state index is 0.107. The average Bonchev–Trinajstić information content (AvgIpc) is 2.95. The van der Waals surface area contributed by atoms with Gasteiger partial charge in [-0.2, -0.15) is 0 Å². The Morgan fingerprint density at radius 1 is 1.14 bits per heavy atom. The second kappa shape index (κ2) is 6.61. The fourth-order valence-corrected chi connectivity index (χ4v) is 3.71. The Hall–Kier alpha value is -1.35. The molecule has 0 bridgehead atoms. The van der Waals surface area contributed by atoms with Gasteiger partial charge in [-0.3, -0.25) is 9.69 Å². The lowest BCUT2D eigenvalue weighted by atomic mass is 9.99. The van der Waals surface area contributed by atoms with E-state index in [0.29, 0.717) is 11.8 Å². The number of carbonyl (C=O) groups is 1. The number of likely N-dealkylation sites (tertiary alicyclic amines) is 2. The van der Waals surface area contributed by atoms with Crippen LogP contribution < -0.4 is 0 Å². The van der Waals surface area contributed by atoms with Gasteiger partial charge < -0.3 is 4.90 Å². The summed E-state index contributed by atoms with van der Waals surface area (Å²) in [4.78, 5) is 17.3. The molecular formula is C18H26N2O. The largest absolute Gasteiger partial charge is 0.341 e. The number of piperidine rings is 1. The Kier molecular flexibility index (Phi) is 4.59. The van der Waals surface area contributed by atoms with Crippen molar-refractivity contribution in [3.8, 4) is 0 Å². The maximum Gasteiger partial charge on any atom is 0.239 e. The Balaban J connectivity index is 1.64. The number of amides is 1. The van der Waals surface area contributed by atoms with Crippen LogP contribution in [0.4, 0.5) is 0 Å². The first-order valence-electron chi connectivity index (χ1n) is 8.31. The second-order valence-corrected chi connectivity index (χ2v) is 6.65. The van der Waals surface area contributed by atoms with Crippen LogP contribution in [0.1, 0.15) is 38.2 Å². The first kappa shape index (κ1) is 14.6. The zero-order chi connectivity index (χ0) is 14.7. The molecule has 2 heterocycles. The molecule has 0 unspecified atom stereocenters. The summed E-state index contributed by atoms with van der Waals surface area (Å²) in [7, 11) is 0. The molecule has 0 saturated carbocycles. The highest BCUT2D eigenvalue weighted by atomic mass is 16.2. The van der Waals surface area contributed by atoms with Gasteiger partial charge in [-0.1, -0.05) is 37.3 Å². The number of nitrogens with zero attached hydrogens (tertiary/aromatic N) is 2. The van der Waals surface area contributed by atoms with Gasteiger partial charge in [0.1, 0.15) is 0 Å². The van der Waals surface area contributed by atoms with E-state index in [-0.39, 0.29) is 6.04 Å². The molecule has 3 rings (SSSR count). The average molecular weight is 286 g/mol. The molecule has 3 heteroatoms. The second-order valence-electron chi connectivity index (χ2n) is 6.65. The van der Waals surface area contributed by atoms with Gasteiger partial charge in [-0.05, 0) is 43.7 Å². The van der Waals surface area contributed by atoms with Crippen LogP contribution in [0, 0.1) is 5.92 Å². The molecule has 2 atom stereocenters. The van der Waals surface area contributed by atoms with Crippen LogP contribution in [0.15, 0.2) is 30.3 Å². The molecule has 1 aromatic carbocycles. The lowest BCUT2D eigenvalue weighted by Gasteiger charge is -2.35. The quantitative estimate of drug-likeness (QED) is 0.853. The van der Waals surface area contributed by atoms with Crippen molar-refractivity contribution in [3.63, 3.8) is 0 Å². The smallest absolute Gasteiger partial charge is 0.239 e. The zero-order valence-electron chi connectivity index (χ0n) is 13.0. The Bertz CT molecular complexity index is 473. The molecule has 0 aromatic heterocycles. The van der Waals surface area contributed by atoms with Crippen molar-refractivity contribution in [3.05, 3.63) is 35.9 Å². The highest BCUT2D eigenvalue weighted by Crippen LogP contribution is 2.24. The molecule has 2 aliphatic rings. The van der Waals surface area contributed by atoms with Gasteiger partial charge >= 0.3 is 0 Å². The van der Waals surface area contributed by atoms with E-state index in [1.54, 1.807) is 0 Å². The molecule has 21 heavy (non-hydrogen) atoms. The predicted octanol–water partition coefficient (Wildman–Crippen LogP) is 2.91. The van der Waals surface area contributed by atoms with Gasteiger partial charge in [0.15, 0.2) is 0 Å². The third-order valence-corrected chi connectivity index (χ3v) is 4.85. The summed E-state index contributed by atoms with van der Waals surface area (Å²) in [6, 6.07) is 10.6. The van der Waals surface area contributed by atoms with Crippen LogP contribution in [-0.4, -0.2) is 41.4 Å². The van der Waals surface area contributed by atoms with E-state index in [1.165, 1.54) is 12.0 Å². The van der Waals surface area contributed by atoms with Crippen LogP contribution in [0.2, 0.25) is 0 Å². The maximum atomic E-state index is 12.8. The van der Waals surface area contributed by atoms with Crippen molar-refractivity contribution >= 4 is 5.91 Å². The normalized spacial score (nSPS) is 27.0. The van der Waals surface area contributed by atoms with Gasteiger partial charge in [0.2, 0.25) is 5.91 Å². The topological polar surface area (TPSA) is 23.6 Å². The number of hydrogen-bond acceptors (Lipinski definition) is 2. The highest BCUT2D eigenvalue weighted by molar-refractivity contribution is 5.82. The van der Waals surface area contributed by atoms with E-state index in [1.807, 2.05) is 6.07 Å². The molecule has 114 valence electrons. The van der Waals surface area contributed by atoms with E-state index in [9.17, 15) is 4.79 Å². The van der Waals surface area contributed by atoms with Crippen LogP contribution in [0.5, 0.6) is 0 Å². The van der Waals surface area contributed by atoms with Gasteiger partial charge in [-0.15, -0.1) is 0 Å². The predicted molar refractivity (Wildman–Crippen MR) is 84.9 cm³/mol. The third kappa shape index (κ3) is 3.46. The minimum absolute atomic E-state index is 0.107. The Morgan fingerprint density at radius 3 is 2.67 bits per heavy atom. The van der Waals surface area contributed by atoms with Crippen molar-refractivity contribution < 1.29 is 4.79 Å². The van der Waals surface area contributed by atoms with Crippen molar-refractivity contribution in [1.29, 1.82) is 0 Å². The maximum absolute atomic E-state index is 12.8.